The highest BCUT2D eigenvalue weighted by atomic mass is 16.5. The van der Waals surface area contributed by atoms with Gasteiger partial charge >= 0.3 is 0 Å². The minimum absolute atomic E-state index is 0.0711. The van der Waals surface area contributed by atoms with Crippen molar-refractivity contribution in [3.63, 3.8) is 0 Å². The Morgan fingerprint density at radius 2 is 1.97 bits per heavy atom. The van der Waals surface area contributed by atoms with Gasteiger partial charge in [-0.15, -0.1) is 0 Å². The summed E-state index contributed by atoms with van der Waals surface area (Å²) in [5, 5.41) is 0. The summed E-state index contributed by atoms with van der Waals surface area (Å²) < 4.78 is 13.0. The maximum atomic E-state index is 7.46. The summed E-state index contributed by atoms with van der Waals surface area (Å²) in [6.45, 7) is 16.3. The third-order valence-corrected chi connectivity index (χ3v) is 10.5. The molecule has 0 amide bonds. The number of fused-ring (bicyclic) bond motifs is 1. The van der Waals surface area contributed by atoms with E-state index in [0.717, 1.165) is 63.1 Å². The van der Waals surface area contributed by atoms with Crippen LogP contribution in [0.15, 0.2) is 89.1 Å². The van der Waals surface area contributed by atoms with Crippen molar-refractivity contribution in [2.75, 3.05) is 20.5 Å². The monoisotopic (exact) mass is 498 g/mol. The number of aliphatic imine (C=N–C) groups is 1. The van der Waals surface area contributed by atoms with E-state index in [1.807, 2.05) is 12.3 Å². The standard InChI is InChI=1S/C33H42N2O2/c1-6-23(2)7-8-25(17-24(3)20-34-5)29-11-12-30-31(29,4)14-13-27-18-26-9-10-28(35-21-36-22-35)19-32(26)15-16-33(27,30)37-32/h6-8,13,17-18,20,28-30H,1-3,9-12,14-16,19,21-22H2,4-5H3/b8-7-,25-17+,34-20?/t28-,29-,30-,31-,32-,33-/m1/s1. The zero-order valence-corrected chi connectivity index (χ0v) is 22.7. The van der Waals surface area contributed by atoms with E-state index in [1.165, 1.54) is 24.0 Å². The van der Waals surface area contributed by atoms with Crippen LogP contribution in [0.5, 0.6) is 0 Å². The molecular formula is C33H42N2O2. The quantitative estimate of drug-likeness (QED) is 0.284. The number of nitrogens with zero attached hydrogens (tertiary/aromatic N) is 2. The van der Waals surface area contributed by atoms with Crippen molar-refractivity contribution in [3.05, 3.63) is 84.1 Å². The van der Waals surface area contributed by atoms with Crippen LogP contribution in [-0.4, -0.2) is 48.9 Å². The lowest BCUT2D eigenvalue weighted by Crippen LogP contribution is -2.57. The maximum absolute atomic E-state index is 7.46. The molecule has 2 spiro atoms. The predicted molar refractivity (Wildman–Crippen MR) is 151 cm³/mol. The van der Waals surface area contributed by atoms with E-state index >= 15 is 0 Å². The summed E-state index contributed by atoms with van der Waals surface area (Å²) in [6, 6.07) is 0.585. The van der Waals surface area contributed by atoms with Gasteiger partial charge in [0.05, 0.1) is 11.2 Å². The van der Waals surface area contributed by atoms with Gasteiger partial charge in [-0.05, 0) is 96.5 Å². The fourth-order valence-electron chi connectivity index (χ4n) is 8.60. The van der Waals surface area contributed by atoms with E-state index in [9.17, 15) is 0 Å². The maximum Gasteiger partial charge on any atom is 0.103 e. The molecule has 2 bridgehead atoms. The fraction of sp³-hybridized carbons (Fsp3) is 0.545. The first-order valence-corrected chi connectivity index (χ1v) is 14.1. The second kappa shape index (κ2) is 9.18. The molecule has 4 fully saturated rings. The molecule has 4 nitrogen and oxygen atoms in total. The van der Waals surface area contributed by atoms with Crippen molar-refractivity contribution < 1.29 is 9.47 Å². The molecule has 3 aliphatic heterocycles. The van der Waals surface area contributed by atoms with Gasteiger partial charge < -0.3 is 9.47 Å². The number of allylic oxidation sites excluding steroid dienone is 8. The van der Waals surface area contributed by atoms with Gasteiger partial charge in [0.1, 0.15) is 13.5 Å². The van der Waals surface area contributed by atoms with Crippen molar-refractivity contribution >= 4 is 6.21 Å². The SMILES string of the molecule is C=CC(=C)/C=C\C(=C/C(=C)C=NC)[C@H]1CC[C@@H]2[C@]1(C)CC=C1C=C3CC[C@@H](N4COC4)C[C@]34CC[C@@]12O4. The molecular weight excluding hydrogens is 456 g/mol. The summed E-state index contributed by atoms with van der Waals surface area (Å²) in [5.41, 5.74) is 6.15. The van der Waals surface area contributed by atoms with E-state index in [4.69, 9.17) is 9.47 Å². The van der Waals surface area contributed by atoms with E-state index in [-0.39, 0.29) is 16.6 Å². The number of hydrogen-bond donors (Lipinski definition) is 0. The van der Waals surface area contributed by atoms with Crippen molar-refractivity contribution in [3.8, 4) is 0 Å². The fourth-order valence-corrected chi connectivity index (χ4v) is 8.60. The van der Waals surface area contributed by atoms with Gasteiger partial charge in [-0.25, -0.2) is 0 Å². The minimum Gasteiger partial charge on any atom is -0.359 e. The molecule has 2 saturated heterocycles. The number of rotatable bonds is 7. The van der Waals surface area contributed by atoms with Gasteiger partial charge in [0.2, 0.25) is 0 Å². The number of hydrogen-bond acceptors (Lipinski definition) is 4. The Morgan fingerprint density at radius 3 is 2.70 bits per heavy atom. The molecule has 0 aromatic heterocycles. The topological polar surface area (TPSA) is 34.1 Å². The summed E-state index contributed by atoms with van der Waals surface area (Å²) in [7, 11) is 1.80. The van der Waals surface area contributed by atoms with Crippen molar-refractivity contribution in [2.24, 2.45) is 22.2 Å². The average molecular weight is 499 g/mol. The predicted octanol–water partition coefficient (Wildman–Crippen LogP) is 6.86. The molecule has 6 atom stereocenters. The third-order valence-electron chi connectivity index (χ3n) is 10.5. The van der Waals surface area contributed by atoms with Gasteiger partial charge in [-0.1, -0.05) is 63.1 Å². The molecule has 196 valence electrons. The van der Waals surface area contributed by atoms with Crippen molar-refractivity contribution in [1.29, 1.82) is 0 Å². The average Bonchev–Trinajstić information content (AvgIpc) is 3.35. The van der Waals surface area contributed by atoms with Crippen LogP contribution in [0.3, 0.4) is 0 Å². The summed E-state index contributed by atoms with van der Waals surface area (Å²) in [5.74, 6) is 0.950. The molecule has 37 heavy (non-hydrogen) atoms. The van der Waals surface area contributed by atoms with E-state index in [2.05, 4.69) is 66.9 Å². The molecule has 6 rings (SSSR count). The van der Waals surface area contributed by atoms with Crippen LogP contribution >= 0.6 is 0 Å². The van der Waals surface area contributed by atoms with Gasteiger partial charge in [-0.3, -0.25) is 9.89 Å². The van der Waals surface area contributed by atoms with Crippen LogP contribution in [0.25, 0.3) is 0 Å². The normalized spacial score (nSPS) is 41.0. The van der Waals surface area contributed by atoms with Gasteiger partial charge in [0.25, 0.3) is 0 Å². The third kappa shape index (κ3) is 3.87. The van der Waals surface area contributed by atoms with Crippen molar-refractivity contribution in [1.82, 2.24) is 4.90 Å². The molecule has 6 aliphatic rings. The molecule has 0 aromatic rings. The van der Waals surface area contributed by atoms with Crippen molar-refractivity contribution in [2.45, 2.75) is 75.5 Å². The summed E-state index contributed by atoms with van der Waals surface area (Å²) >= 11 is 0. The Balaban J connectivity index is 1.34. The Hall–Kier alpha value is -2.27. The van der Waals surface area contributed by atoms with E-state index in [1.54, 1.807) is 12.6 Å². The molecule has 0 N–H and O–H groups in total. The lowest BCUT2D eigenvalue weighted by atomic mass is 9.57. The van der Waals surface area contributed by atoms with Crippen LogP contribution in [0.2, 0.25) is 0 Å². The number of ether oxygens (including phenoxy) is 2. The molecule has 0 aromatic carbocycles. The second-order valence-corrected chi connectivity index (χ2v) is 12.4. The molecule has 0 unspecified atom stereocenters. The highest BCUT2D eigenvalue weighted by molar-refractivity contribution is 5.81. The Labute approximate surface area is 222 Å². The Kier molecular flexibility index (Phi) is 6.21. The van der Waals surface area contributed by atoms with Crippen LogP contribution in [0.4, 0.5) is 0 Å². The molecule has 4 heteroatoms. The van der Waals surface area contributed by atoms with Crippen LogP contribution in [0, 0.1) is 17.3 Å². The zero-order chi connectivity index (χ0) is 25.8. The Bertz CT molecular complexity index is 1170. The molecule has 3 aliphatic carbocycles. The van der Waals surface area contributed by atoms with Crippen LogP contribution in [-0.2, 0) is 9.47 Å². The second-order valence-electron chi connectivity index (χ2n) is 12.4. The lowest BCUT2D eigenvalue weighted by Gasteiger charge is -2.55. The van der Waals surface area contributed by atoms with Crippen LogP contribution in [0.1, 0.15) is 58.3 Å². The Morgan fingerprint density at radius 1 is 1.14 bits per heavy atom. The van der Waals surface area contributed by atoms with Gasteiger partial charge in [0.15, 0.2) is 0 Å². The molecule has 3 heterocycles. The van der Waals surface area contributed by atoms with E-state index in [0.29, 0.717) is 17.9 Å². The van der Waals surface area contributed by atoms with E-state index < -0.39 is 0 Å². The van der Waals surface area contributed by atoms with Gasteiger partial charge in [0, 0.05) is 19.3 Å². The summed E-state index contributed by atoms with van der Waals surface area (Å²) in [4.78, 5) is 6.70. The molecule has 2 saturated carbocycles. The summed E-state index contributed by atoms with van der Waals surface area (Å²) in [6.07, 6.45) is 24.6. The first-order chi connectivity index (χ1) is 17.8. The first-order valence-electron chi connectivity index (χ1n) is 14.1. The molecule has 0 radical (unpaired) electrons. The van der Waals surface area contributed by atoms with Gasteiger partial charge in [-0.2, -0.15) is 0 Å². The smallest absolute Gasteiger partial charge is 0.103 e. The first kappa shape index (κ1) is 25.0. The zero-order valence-electron chi connectivity index (χ0n) is 22.7. The lowest BCUT2D eigenvalue weighted by molar-refractivity contribution is -0.191. The highest BCUT2D eigenvalue weighted by Crippen LogP contribution is 2.68. The largest absolute Gasteiger partial charge is 0.359 e. The highest BCUT2D eigenvalue weighted by Gasteiger charge is 2.66. The van der Waals surface area contributed by atoms with Crippen LogP contribution < -0.4 is 0 Å². The minimum atomic E-state index is -0.139.